The Kier molecular flexibility index (Phi) is 11.5. The Morgan fingerprint density at radius 2 is 1.36 bits per heavy atom. The molecule has 0 aromatic rings. The summed E-state index contributed by atoms with van der Waals surface area (Å²) in [4.78, 5) is 11.9. The predicted octanol–water partition coefficient (Wildman–Crippen LogP) is 6.42. The standard InChI is InChI=1S/C20H38O2/c1-3-5-7-9-10-12-14-18(13-11-8-6-4-2)17-20(21)22-19-15-16-19/h18-19H,3-17H2,1-2H3. The Balaban J connectivity index is 2.15. The van der Waals surface area contributed by atoms with Gasteiger partial charge in [-0.3, -0.25) is 4.79 Å². The van der Waals surface area contributed by atoms with E-state index in [0.717, 1.165) is 12.8 Å². The normalized spacial score (nSPS) is 15.7. The van der Waals surface area contributed by atoms with Crippen LogP contribution in [0.5, 0.6) is 0 Å². The second-order valence-electron chi connectivity index (χ2n) is 7.17. The lowest BCUT2D eigenvalue weighted by Crippen LogP contribution is -2.13. The van der Waals surface area contributed by atoms with E-state index in [0.29, 0.717) is 12.3 Å². The molecule has 0 N–H and O–H groups in total. The van der Waals surface area contributed by atoms with E-state index in [1.54, 1.807) is 0 Å². The lowest BCUT2D eigenvalue weighted by Gasteiger charge is -2.16. The highest BCUT2D eigenvalue weighted by Gasteiger charge is 2.26. The van der Waals surface area contributed by atoms with E-state index < -0.39 is 0 Å². The molecular formula is C20H38O2. The van der Waals surface area contributed by atoms with Crippen LogP contribution in [-0.4, -0.2) is 12.1 Å². The summed E-state index contributed by atoms with van der Waals surface area (Å²) in [7, 11) is 0. The van der Waals surface area contributed by atoms with Crippen LogP contribution in [0.2, 0.25) is 0 Å². The van der Waals surface area contributed by atoms with Crippen molar-refractivity contribution in [2.45, 2.75) is 116 Å². The molecule has 1 aliphatic carbocycles. The maximum Gasteiger partial charge on any atom is 0.306 e. The van der Waals surface area contributed by atoms with Gasteiger partial charge in [0.2, 0.25) is 0 Å². The van der Waals surface area contributed by atoms with E-state index in [1.807, 2.05) is 0 Å². The fourth-order valence-electron chi connectivity index (χ4n) is 3.08. The van der Waals surface area contributed by atoms with Crippen molar-refractivity contribution >= 4 is 5.97 Å². The van der Waals surface area contributed by atoms with E-state index in [9.17, 15) is 4.79 Å². The molecule has 0 heterocycles. The van der Waals surface area contributed by atoms with Gasteiger partial charge in [0.15, 0.2) is 0 Å². The van der Waals surface area contributed by atoms with Gasteiger partial charge < -0.3 is 4.74 Å². The number of rotatable bonds is 15. The molecule has 2 nitrogen and oxygen atoms in total. The van der Waals surface area contributed by atoms with Gasteiger partial charge in [0, 0.05) is 6.42 Å². The summed E-state index contributed by atoms with van der Waals surface area (Å²) in [6.45, 7) is 4.51. The molecule has 0 radical (unpaired) electrons. The fourth-order valence-corrected chi connectivity index (χ4v) is 3.08. The van der Waals surface area contributed by atoms with Gasteiger partial charge in [0.1, 0.15) is 6.10 Å². The van der Waals surface area contributed by atoms with Gasteiger partial charge in [-0.25, -0.2) is 0 Å². The number of hydrogen-bond donors (Lipinski definition) is 0. The quantitative estimate of drug-likeness (QED) is 0.258. The van der Waals surface area contributed by atoms with Crippen LogP contribution < -0.4 is 0 Å². The second kappa shape index (κ2) is 13.0. The molecule has 1 saturated carbocycles. The Morgan fingerprint density at radius 3 is 1.91 bits per heavy atom. The maximum atomic E-state index is 11.9. The largest absolute Gasteiger partial charge is 0.462 e. The minimum atomic E-state index is 0.0639. The number of carbonyl (C=O) groups is 1. The Labute approximate surface area is 138 Å². The van der Waals surface area contributed by atoms with E-state index in [4.69, 9.17) is 4.74 Å². The first-order valence-corrected chi connectivity index (χ1v) is 9.95. The molecule has 1 fully saturated rings. The molecule has 0 spiro atoms. The van der Waals surface area contributed by atoms with Crippen LogP contribution in [0.15, 0.2) is 0 Å². The summed E-state index contributed by atoms with van der Waals surface area (Å²) >= 11 is 0. The van der Waals surface area contributed by atoms with Crippen LogP contribution >= 0.6 is 0 Å². The van der Waals surface area contributed by atoms with Crippen LogP contribution in [0.1, 0.15) is 110 Å². The third-order valence-corrected chi connectivity index (χ3v) is 4.71. The molecule has 22 heavy (non-hydrogen) atoms. The molecule has 1 unspecified atom stereocenters. The number of esters is 1. The molecule has 0 aromatic heterocycles. The van der Waals surface area contributed by atoms with Crippen molar-refractivity contribution in [3.05, 3.63) is 0 Å². The molecule has 0 aromatic carbocycles. The molecule has 130 valence electrons. The summed E-state index contributed by atoms with van der Waals surface area (Å²) < 4.78 is 5.44. The molecule has 0 bridgehead atoms. The van der Waals surface area contributed by atoms with Crippen LogP contribution in [0, 0.1) is 5.92 Å². The van der Waals surface area contributed by atoms with Gasteiger partial charge in [-0.15, -0.1) is 0 Å². The first-order chi connectivity index (χ1) is 10.8. The third-order valence-electron chi connectivity index (χ3n) is 4.71. The van der Waals surface area contributed by atoms with Crippen LogP contribution in [-0.2, 0) is 9.53 Å². The number of hydrogen-bond acceptors (Lipinski definition) is 2. The summed E-state index contributed by atoms with van der Waals surface area (Å²) in [5.74, 6) is 0.628. The van der Waals surface area contributed by atoms with Gasteiger partial charge in [0.05, 0.1) is 0 Å². The van der Waals surface area contributed by atoms with Crippen molar-refractivity contribution in [3.8, 4) is 0 Å². The molecule has 0 saturated heterocycles. The molecular weight excluding hydrogens is 272 g/mol. The number of carbonyl (C=O) groups excluding carboxylic acids is 1. The smallest absolute Gasteiger partial charge is 0.306 e. The van der Waals surface area contributed by atoms with E-state index in [-0.39, 0.29) is 12.1 Å². The summed E-state index contributed by atoms with van der Waals surface area (Å²) in [6.07, 6.45) is 18.8. The molecule has 0 aliphatic heterocycles. The molecule has 0 amide bonds. The number of ether oxygens (including phenoxy) is 1. The zero-order chi connectivity index (χ0) is 16.0. The lowest BCUT2D eigenvalue weighted by atomic mass is 9.91. The minimum absolute atomic E-state index is 0.0639. The predicted molar refractivity (Wildman–Crippen MR) is 94.0 cm³/mol. The van der Waals surface area contributed by atoms with Crippen molar-refractivity contribution in [1.82, 2.24) is 0 Å². The van der Waals surface area contributed by atoms with Crippen molar-refractivity contribution in [3.63, 3.8) is 0 Å². The van der Waals surface area contributed by atoms with E-state index in [2.05, 4.69) is 13.8 Å². The minimum Gasteiger partial charge on any atom is -0.462 e. The van der Waals surface area contributed by atoms with Gasteiger partial charge >= 0.3 is 5.97 Å². The third kappa shape index (κ3) is 11.1. The summed E-state index contributed by atoms with van der Waals surface area (Å²) in [5, 5.41) is 0. The average molecular weight is 311 g/mol. The molecule has 1 aliphatic rings. The van der Waals surface area contributed by atoms with Gasteiger partial charge in [-0.05, 0) is 31.6 Å². The van der Waals surface area contributed by atoms with Crippen LogP contribution in [0.3, 0.4) is 0 Å². The summed E-state index contributed by atoms with van der Waals surface area (Å²) in [6, 6.07) is 0. The SMILES string of the molecule is CCCCCCCCC(CCCCCC)CC(=O)OC1CC1. The van der Waals surface area contributed by atoms with Crippen LogP contribution in [0.25, 0.3) is 0 Å². The lowest BCUT2D eigenvalue weighted by molar-refractivity contribution is -0.146. The van der Waals surface area contributed by atoms with Crippen molar-refractivity contribution in [2.24, 2.45) is 5.92 Å². The zero-order valence-electron chi connectivity index (χ0n) is 15.1. The second-order valence-corrected chi connectivity index (χ2v) is 7.17. The van der Waals surface area contributed by atoms with Gasteiger partial charge in [-0.1, -0.05) is 78.1 Å². The van der Waals surface area contributed by atoms with Crippen molar-refractivity contribution in [2.75, 3.05) is 0 Å². The Hall–Kier alpha value is -0.530. The van der Waals surface area contributed by atoms with Crippen LogP contribution in [0.4, 0.5) is 0 Å². The van der Waals surface area contributed by atoms with E-state index >= 15 is 0 Å². The maximum absolute atomic E-state index is 11.9. The highest BCUT2D eigenvalue weighted by molar-refractivity contribution is 5.70. The molecule has 1 atom stereocenters. The first kappa shape index (κ1) is 19.5. The highest BCUT2D eigenvalue weighted by atomic mass is 16.5. The van der Waals surface area contributed by atoms with E-state index in [1.165, 1.54) is 77.0 Å². The Morgan fingerprint density at radius 1 is 0.864 bits per heavy atom. The van der Waals surface area contributed by atoms with Crippen molar-refractivity contribution in [1.29, 1.82) is 0 Å². The monoisotopic (exact) mass is 310 g/mol. The topological polar surface area (TPSA) is 26.3 Å². The number of unbranched alkanes of at least 4 members (excludes halogenated alkanes) is 8. The first-order valence-electron chi connectivity index (χ1n) is 9.95. The fraction of sp³-hybridized carbons (Fsp3) is 0.950. The van der Waals surface area contributed by atoms with Crippen molar-refractivity contribution < 1.29 is 9.53 Å². The highest BCUT2D eigenvalue weighted by Crippen LogP contribution is 2.27. The summed E-state index contributed by atoms with van der Waals surface area (Å²) in [5.41, 5.74) is 0. The van der Waals surface area contributed by atoms with Gasteiger partial charge in [0.25, 0.3) is 0 Å². The molecule has 2 heteroatoms. The average Bonchev–Trinajstić information content (AvgIpc) is 3.30. The Bertz CT molecular complexity index is 271. The zero-order valence-corrected chi connectivity index (χ0v) is 15.1. The molecule has 1 rings (SSSR count). The van der Waals surface area contributed by atoms with Gasteiger partial charge in [-0.2, -0.15) is 0 Å².